The third kappa shape index (κ3) is 5.06. The highest BCUT2D eigenvalue weighted by molar-refractivity contribution is 6.41. The van der Waals surface area contributed by atoms with Gasteiger partial charge >= 0.3 is 0 Å². The Morgan fingerprint density at radius 2 is 1.83 bits per heavy atom. The molecule has 0 aliphatic heterocycles. The molecule has 0 radical (unpaired) electrons. The molecule has 0 saturated carbocycles. The molecule has 4 nitrogen and oxygen atoms in total. The lowest BCUT2D eigenvalue weighted by Crippen LogP contribution is -2.27. The van der Waals surface area contributed by atoms with Crippen LogP contribution in [0.5, 0.6) is 5.75 Å². The average Bonchev–Trinajstić information content (AvgIpc) is 2.52. The maximum absolute atomic E-state index is 11.8. The van der Waals surface area contributed by atoms with Crippen molar-refractivity contribution in [2.75, 3.05) is 12.5 Å². The lowest BCUT2D eigenvalue weighted by Gasteiger charge is -2.10. The highest BCUT2D eigenvalue weighted by atomic mass is 35.5. The van der Waals surface area contributed by atoms with Gasteiger partial charge < -0.3 is 4.74 Å². The molecule has 120 valence electrons. The van der Waals surface area contributed by atoms with E-state index in [1.807, 2.05) is 24.3 Å². The molecule has 0 aliphatic rings. The van der Waals surface area contributed by atoms with E-state index in [2.05, 4.69) is 10.9 Å². The smallest absolute Gasteiger partial charge is 0.262 e. The Bertz CT molecular complexity index is 725. The molecule has 1 amide bonds. The van der Waals surface area contributed by atoms with Gasteiger partial charge in [0.05, 0.1) is 22.8 Å². The number of amides is 1. The number of nitrogens with one attached hydrogen (secondary N) is 2. The molecule has 0 saturated heterocycles. The van der Waals surface area contributed by atoms with E-state index in [1.54, 1.807) is 13.2 Å². The maximum atomic E-state index is 11.8. The Labute approximate surface area is 149 Å². The Kier molecular flexibility index (Phi) is 6.16. The zero-order chi connectivity index (χ0) is 16.8. The topological polar surface area (TPSA) is 50.4 Å². The van der Waals surface area contributed by atoms with E-state index in [0.29, 0.717) is 26.5 Å². The number of ether oxygens (including phenoxy) is 1. The average molecular weight is 372 g/mol. The number of halogens is 3. The van der Waals surface area contributed by atoms with Crippen LogP contribution < -0.4 is 15.6 Å². The van der Waals surface area contributed by atoms with Crippen LogP contribution in [-0.4, -0.2) is 13.0 Å². The minimum absolute atomic E-state index is 0.305. The van der Waals surface area contributed by atoms with Crippen LogP contribution in [0.4, 0.5) is 5.69 Å². The number of hydrogen-bond acceptors (Lipinski definition) is 3. The predicted molar refractivity (Wildman–Crippen MR) is 95.3 cm³/mol. The summed E-state index contributed by atoms with van der Waals surface area (Å²) < 4.78 is 5.12. The van der Waals surface area contributed by atoms with E-state index in [-0.39, 0.29) is 5.91 Å². The third-order valence-corrected chi connectivity index (χ3v) is 3.65. The molecule has 2 aromatic rings. The molecule has 7 heteroatoms. The normalized spacial score (nSPS) is 10.6. The van der Waals surface area contributed by atoms with Crippen molar-refractivity contribution >= 4 is 52.5 Å². The molecule has 0 bridgehead atoms. The van der Waals surface area contributed by atoms with Crippen molar-refractivity contribution in [3.05, 3.63) is 63.1 Å². The molecular formula is C16H13Cl3N2O2. The molecule has 2 N–H and O–H groups in total. The van der Waals surface area contributed by atoms with Gasteiger partial charge in [0.25, 0.3) is 5.91 Å². The van der Waals surface area contributed by atoms with Crippen molar-refractivity contribution in [3.8, 4) is 5.75 Å². The molecule has 0 unspecified atom stereocenters. The Hall–Kier alpha value is -1.88. The number of benzene rings is 2. The van der Waals surface area contributed by atoms with E-state index in [0.717, 1.165) is 5.56 Å². The van der Waals surface area contributed by atoms with Crippen LogP contribution in [-0.2, 0) is 4.79 Å². The number of carbonyl (C=O) groups is 1. The fourth-order valence-corrected chi connectivity index (χ4v) is 2.66. The number of hydrazine groups is 1. The van der Waals surface area contributed by atoms with Crippen LogP contribution in [0.1, 0.15) is 5.56 Å². The first-order chi connectivity index (χ1) is 11.0. The van der Waals surface area contributed by atoms with E-state index in [9.17, 15) is 4.79 Å². The molecule has 23 heavy (non-hydrogen) atoms. The summed E-state index contributed by atoms with van der Waals surface area (Å²) >= 11 is 17.8. The number of anilines is 1. The largest absolute Gasteiger partial charge is 0.497 e. The number of rotatable bonds is 5. The lowest BCUT2D eigenvalue weighted by atomic mass is 10.2. The standard InChI is InChI=1S/C16H13Cl3N2O2/c1-23-12-4-2-3-10(7-12)5-6-15(22)20-21-16-13(18)8-11(17)9-14(16)19/h2-9,21H,1H3,(H,20,22)/b6-5+. The summed E-state index contributed by atoms with van der Waals surface area (Å²) in [6.07, 6.45) is 3.03. The summed E-state index contributed by atoms with van der Waals surface area (Å²) in [6.45, 7) is 0. The minimum atomic E-state index is -0.366. The second-order valence-corrected chi connectivity index (χ2v) is 5.72. The van der Waals surface area contributed by atoms with Gasteiger partial charge in [-0.2, -0.15) is 0 Å². The quantitative estimate of drug-likeness (QED) is 0.585. The molecule has 0 spiro atoms. The fraction of sp³-hybridized carbons (Fsp3) is 0.0625. The zero-order valence-electron chi connectivity index (χ0n) is 12.1. The molecule has 0 heterocycles. The maximum Gasteiger partial charge on any atom is 0.262 e. The van der Waals surface area contributed by atoms with Gasteiger partial charge in [-0.05, 0) is 35.9 Å². The Morgan fingerprint density at radius 3 is 2.48 bits per heavy atom. The van der Waals surface area contributed by atoms with Crippen molar-refractivity contribution in [2.45, 2.75) is 0 Å². The number of carbonyl (C=O) groups excluding carboxylic acids is 1. The van der Waals surface area contributed by atoms with Gasteiger partial charge in [0.1, 0.15) is 5.75 Å². The lowest BCUT2D eigenvalue weighted by molar-refractivity contribution is -0.115. The van der Waals surface area contributed by atoms with Gasteiger partial charge in [-0.25, -0.2) is 0 Å². The summed E-state index contributed by atoms with van der Waals surface area (Å²) in [6, 6.07) is 10.4. The molecule has 0 fully saturated rings. The minimum Gasteiger partial charge on any atom is -0.497 e. The summed E-state index contributed by atoms with van der Waals surface area (Å²) in [5, 5.41) is 1.02. The van der Waals surface area contributed by atoms with Crippen LogP contribution >= 0.6 is 34.8 Å². The second-order valence-electron chi connectivity index (χ2n) is 4.47. The molecule has 0 aromatic heterocycles. The summed E-state index contributed by atoms with van der Waals surface area (Å²) in [7, 11) is 1.58. The van der Waals surface area contributed by atoms with Crippen LogP contribution in [0.2, 0.25) is 15.1 Å². The molecule has 2 rings (SSSR count). The molecule has 0 atom stereocenters. The summed E-state index contributed by atoms with van der Waals surface area (Å²) in [5.41, 5.74) is 6.36. The van der Waals surface area contributed by atoms with Gasteiger partial charge in [-0.1, -0.05) is 46.9 Å². The first-order valence-electron chi connectivity index (χ1n) is 6.52. The number of methoxy groups -OCH3 is 1. The van der Waals surface area contributed by atoms with Gasteiger partial charge in [0.2, 0.25) is 0 Å². The van der Waals surface area contributed by atoms with E-state index in [4.69, 9.17) is 39.5 Å². The van der Waals surface area contributed by atoms with Crippen LogP contribution in [0, 0.1) is 0 Å². The van der Waals surface area contributed by atoms with E-state index < -0.39 is 0 Å². The first-order valence-corrected chi connectivity index (χ1v) is 7.65. The highest BCUT2D eigenvalue weighted by Crippen LogP contribution is 2.33. The van der Waals surface area contributed by atoms with Crippen molar-refractivity contribution in [1.82, 2.24) is 5.43 Å². The van der Waals surface area contributed by atoms with Crippen molar-refractivity contribution in [1.29, 1.82) is 0 Å². The van der Waals surface area contributed by atoms with Crippen molar-refractivity contribution in [3.63, 3.8) is 0 Å². The van der Waals surface area contributed by atoms with Gasteiger partial charge in [0, 0.05) is 11.1 Å². The third-order valence-electron chi connectivity index (χ3n) is 2.84. The summed E-state index contributed by atoms with van der Waals surface area (Å²) in [5.74, 6) is 0.348. The van der Waals surface area contributed by atoms with Crippen molar-refractivity contribution < 1.29 is 9.53 Å². The zero-order valence-corrected chi connectivity index (χ0v) is 14.3. The fourth-order valence-electron chi connectivity index (χ4n) is 1.74. The molecule has 2 aromatic carbocycles. The Balaban J connectivity index is 1.99. The van der Waals surface area contributed by atoms with Crippen molar-refractivity contribution in [2.24, 2.45) is 0 Å². The molecular weight excluding hydrogens is 359 g/mol. The Morgan fingerprint density at radius 1 is 1.13 bits per heavy atom. The summed E-state index contributed by atoms with van der Waals surface area (Å²) in [4.78, 5) is 11.8. The van der Waals surface area contributed by atoms with E-state index in [1.165, 1.54) is 18.2 Å². The highest BCUT2D eigenvalue weighted by Gasteiger charge is 2.08. The van der Waals surface area contributed by atoms with Gasteiger partial charge in [-0.3, -0.25) is 15.6 Å². The SMILES string of the molecule is COc1cccc(/C=C/C(=O)NNc2c(Cl)cc(Cl)cc2Cl)c1. The number of hydrogen-bond donors (Lipinski definition) is 2. The first kappa shape index (κ1) is 17.5. The van der Waals surface area contributed by atoms with Crippen LogP contribution in [0.25, 0.3) is 6.08 Å². The van der Waals surface area contributed by atoms with Gasteiger partial charge in [0.15, 0.2) is 0 Å². The predicted octanol–water partition coefficient (Wildman–Crippen LogP) is 4.81. The van der Waals surface area contributed by atoms with Crippen LogP contribution in [0.3, 0.4) is 0 Å². The van der Waals surface area contributed by atoms with Gasteiger partial charge in [-0.15, -0.1) is 0 Å². The van der Waals surface area contributed by atoms with E-state index >= 15 is 0 Å². The second kappa shape index (κ2) is 8.11. The van der Waals surface area contributed by atoms with Crippen LogP contribution in [0.15, 0.2) is 42.5 Å². The molecule has 0 aliphatic carbocycles. The monoisotopic (exact) mass is 370 g/mol.